The molecule has 0 fully saturated rings. The molecule has 0 aliphatic carbocycles. The van der Waals surface area contributed by atoms with Gasteiger partial charge >= 0.3 is 6.18 Å². The number of nitrogens with two attached hydrogens (primary N) is 1. The summed E-state index contributed by atoms with van der Waals surface area (Å²) in [6.45, 7) is -0.693. The third-order valence-electron chi connectivity index (χ3n) is 4.61. The summed E-state index contributed by atoms with van der Waals surface area (Å²) in [6, 6.07) is 9.61. The van der Waals surface area contributed by atoms with E-state index in [1.807, 2.05) is 0 Å². The van der Waals surface area contributed by atoms with Crippen LogP contribution in [0.15, 0.2) is 59.6 Å². The lowest BCUT2D eigenvalue weighted by molar-refractivity contribution is -0.137. The molecule has 3 rings (SSSR count). The molecule has 0 saturated carbocycles. The summed E-state index contributed by atoms with van der Waals surface area (Å²) >= 11 is 11.9. The van der Waals surface area contributed by atoms with Gasteiger partial charge in [0.2, 0.25) is 5.78 Å². The van der Waals surface area contributed by atoms with Crippen LogP contribution in [-0.2, 0) is 20.9 Å². The molecule has 13 heteroatoms. The fourth-order valence-corrected chi connectivity index (χ4v) is 5.20. The van der Waals surface area contributed by atoms with Crippen molar-refractivity contribution in [2.24, 2.45) is 0 Å². The molecule has 0 spiro atoms. The number of pyridine rings is 1. The fourth-order valence-electron chi connectivity index (χ4n) is 3.06. The van der Waals surface area contributed by atoms with Crippen LogP contribution in [0.4, 0.5) is 24.5 Å². The number of carbonyl (C=O) groups excluding carboxylic acids is 1. The van der Waals surface area contributed by atoms with Crippen molar-refractivity contribution in [2.75, 3.05) is 23.9 Å². The third-order valence-corrected chi connectivity index (χ3v) is 7.11. The molecule has 1 aromatic heterocycles. The van der Waals surface area contributed by atoms with Gasteiger partial charge in [-0.05, 0) is 30.3 Å². The second kappa shape index (κ2) is 9.79. The highest BCUT2D eigenvalue weighted by Gasteiger charge is 2.38. The van der Waals surface area contributed by atoms with Crippen LogP contribution >= 0.6 is 23.2 Å². The number of rotatable bonds is 7. The number of ether oxygens (including phenoxy) is 1. The first-order valence-electron chi connectivity index (χ1n) is 9.31. The van der Waals surface area contributed by atoms with Gasteiger partial charge in [-0.25, -0.2) is 17.7 Å². The normalized spacial score (nSPS) is 11.9. The van der Waals surface area contributed by atoms with Crippen molar-refractivity contribution in [3.8, 4) is 0 Å². The van der Waals surface area contributed by atoms with Crippen molar-refractivity contribution in [2.45, 2.75) is 11.1 Å². The molecule has 0 bridgehead atoms. The predicted molar refractivity (Wildman–Crippen MR) is 122 cm³/mol. The Morgan fingerprint density at radius 2 is 1.82 bits per heavy atom. The van der Waals surface area contributed by atoms with Crippen LogP contribution in [0.25, 0.3) is 0 Å². The molecule has 34 heavy (non-hydrogen) atoms. The first kappa shape index (κ1) is 25.8. The Morgan fingerprint density at radius 3 is 2.44 bits per heavy atom. The number of aromatic nitrogens is 1. The lowest BCUT2D eigenvalue weighted by Gasteiger charge is -2.26. The van der Waals surface area contributed by atoms with Gasteiger partial charge in [0.25, 0.3) is 10.0 Å². The van der Waals surface area contributed by atoms with Gasteiger partial charge in [0, 0.05) is 24.6 Å². The summed E-state index contributed by atoms with van der Waals surface area (Å²) in [6.07, 6.45) is -3.79. The van der Waals surface area contributed by atoms with Gasteiger partial charge in [-0.2, -0.15) is 13.2 Å². The van der Waals surface area contributed by atoms with Crippen molar-refractivity contribution < 1.29 is 31.1 Å². The number of nitrogens with zero attached hydrogens (tertiary/aromatic N) is 2. The highest BCUT2D eigenvalue weighted by molar-refractivity contribution is 7.93. The Bertz CT molecular complexity index is 1350. The maximum Gasteiger partial charge on any atom is 0.417 e. The molecule has 7 nitrogen and oxygen atoms in total. The molecule has 1 heterocycles. The van der Waals surface area contributed by atoms with E-state index in [1.165, 1.54) is 12.1 Å². The van der Waals surface area contributed by atoms with Crippen LogP contribution < -0.4 is 10.0 Å². The Labute approximate surface area is 202 Å². The largest absolute Gasteiger partial charge is 0.417 e. The molecule has 0 radical (unpaired) electrons. The number of halogens is 5. The standard InChI is InChI=1S/C21H16Cl2F3N3O4S/c1-33-11-29(34(31,32)17-8-4-6-14(18(17)23)21(24,25)26)16-9-12(22)10-28-19(16)20(30)13-5-2-3-7-15(13)27/h2-10H,11,27H2,1H3. The van der Waals surface area contributed by atoms with Crippen molar-refractivity contribution in [3.05, 3.63) is 81.6 Å². The molecule has 2 N–H and O–H groups in total. The maximum absolute atomic E-state index is 13.5. The van der Waals surface area contributed by atoms with Crippen molar-refractivity contribution in [3.63, 3.8) is 0 Å². The van der Waals surface area contributed by atoms with Gasteiger partial charge < -0.3 is 10.5 Å². The number of benzene rings is 2. The van der Waals surface area contributed by atoms with E-state index in [0.717, 1.165) is 31.5 Å². The molecule has 180 valence electrons. The van der Waals surface area contributed by atoms with Crippen LogP contribution in [0, 0.1) is 0 Å². The number of para-hydroxylation sites is 1. The van der Waals surface area contributed by atoms with Crippen LogP contribution in [-0.4, -0.2) is 33.0 Å². The summed E-state index contributed by atoms with van der Waals surface area (Å²) in [7, 11) is -3.64. The van der Waals surface area contributed by atoms with E-state index in [1.54, 1.807) is 12.1 Å². The maximum atomic E-state index is 13.5. The average Bonchev–Trinajstić information content (AvgIpc) is 2.76. The second-order valence-electron chi connectivity index (χ2n) is 6.82. The predicted octanol–water partition coefficient (Wildman–Crippen LogP) is 5.02. The van der Waals surface area contributed by atoms with Crippen LogP contribution in [0.2, 0.25) is 10.0 Å². The van der Waals surface area contributed by atoms with Crippen molar-refractivity contribution >= 4 is 50.4 Å². The molecule has 0 aliphatic heterocycles. The summed E-state index contributed by atoms with van der Waals surface area (Å²) in [5.74, 6) is -0.740. The topological polar surface area (TPSA) is 103 Å². The van der Waals surface area contributed by atoms with E-state index in [-0.39, 0.29) is 27.7 Å². The van der Waals surface area contributed by atoms with E-state index in [4.69, 9.17) is 33.7 Å². The zero-order chi connectivity index (χ0) is 25.3. The Morgan fingerprint density at radius 1 is 1.15 bits per heavy atom. The first-order valence-corrected chi connectivity index (χ1v) is 11.5. The molecule has 0 unspecified atom stereocenters. The van der Waals surface area contributed by atoms with E-state index in [0.29, 0.717) is 10.4 Å². The highest BCUT2D eigenvalue weighted by atomic mass is 35.5. The van der Waals surface area contributed by atoms with Gasteiger partial charge in [-0.15, -0.1) is 0 Å². The molecular weight excluding hydrogens is 518 g/mol. The highest BCUT2D eigenvalue weighted by Crippen LogP contribution is 2.40. The zero-order valence-corrected chi connectivity index (χ0v) is 19.6. The second-order valence-corrected chi connectivity index (χ2v) is 9.47. The van der Waals surface area contributed by atoms with Gasteiger partial charge in [0.15, 0.2) is 0 Å². The number of nitrogen functional groups attached to an aromatic ring is 1. The molecule has 3 aromatic rings. The molecule has 0 saturated heterocycles. The molecule has 0 amide bonds. The van der Waals surface area contributed by atoms with Gasteiger partial charge in [-0.3, -0.25) is 4.79 Å². The SMILES string of the molecule is COCN(c1cc(Cl)cnc1C(=O)c1ccccc1N)S(=O)(=O)c1cccc(C(F)(F)F)c1Cl. The van der Waals surface area contributed by atoms with Crippen LogP contribution in [0.3, 0.4) is 0 Å². The Hall–Kier alpha value is -2.86. The third kappa shape index (κ3) is 4.97. The molecule has 0 atom stereocenters. The molecule has 2 aromatic carbocycles. The van der Waals surface area contributed by atoms with Crippen LogP contribution in [0.1, 0.15) is 21.6 Å². The lowest BCUT2D eigenvalue weighted by Crippen LogP contribution is -2.35. The zero-order valence-electron chi connectivity index (χ0n) is 17.3. The molecular formula is C21H16Cl2F3N3O4S. The smallest absolute Gasteiger partial charge is 0.398 e. The number of carbonyl (C=O) groups is 1. The minimum Gasteiger partial charge on any atom is -0.398 e. The van der Waals surface area contributed by atoms with Gasteiger partial charge in [0.05, 0.1) is 21.3 Å². The number of sulfonamides is 1. The van der Waals surface area contributed by atoms with E-state index in [9.17, 15) is 26.4 Å². The Balaban J connectivity index is 2.24. The first-order chi connectivity index (χ1) is 15.9. The minimum atomic E-state index is -4.90. The number of hydrogen-bond donors (Lipinski definition) is 1. The average molecular weight is 534 g/mol. The summed E-state index contributed by atoms with van der Waals surface area (Å²) in [4.78, 5) is 16.3. The van der Waals surface area contributed by atoms with E-state index < -0.39 is 44.2 Å². The summed E-state index contributed by atoms with van der Waals surface area (Å²) in [5, 5.41) is -1.08. The number of hydrogen-bond acceptors (Lipinski definition) is 6. The van der Waals surface area contributed by atoms with Crippen molar-refractivity contribution in [1.82, 2.24) is 4.98 Å². The minimum absolute atomic E-state index is 0.0328. The lowest BCUT2D eigenvalue weighted by atomic mass is 10.0. The van der Waals surface area contributed by atoms with E-state index >= 15 is 0 Å². The summed E-state index contributed by atoms with van der Waals surface area (Å²) < 4.78 is 72.5. The Kier molecular flexibility index (Phi) is 7.41. The number of methoxy groups -OCH3 is 1. The number of alkyl halides is 3. The van der Waals surface area contributed by atoms with Gasteiger partial charge in [-0.1, -0.05) is 41.4 Å². The summed E-state index contributed by atoms with van der Waals surface area (Å²) in [5.41, 5.74) is 3.97. The monoisotopic (exact) mass is 533 g/mol. The van der Waals surface area contributed by atoms with E-state index in [2.05, 4.69) is 4.98 Å². The fraction of sp³-hybridized carbons (Fsp3) is 0.143. The quantitative estimate of drug-likeness (QED) is 0.260. The number of ketones is 1. The number of anilines is 2. The van der Waals surface area contributed by atoms with Crippen molar-refractivity contribution in [1.29, 1.82) is 0 Å². The van der Waals surface area contributed by atoms with Gasteiger partial charge in [0.1, 0.15) is 17.3 Å². The molecule has 0 aliphatic rings. The van der Waals surface area contributed by atoms with Crippen LogP contribution in [0.5, 0.6) is 0 Å².